The maximum Gasteiger partial charge on any atom is 0.264 e. The Hall–Kier alpha value is -4.21. The van der Waals surface area contributed by atoms with Crippen LogP contribution in [0.3, 0.4) is 0 Å². The van der Waals surface area contributed by atoms with Crippen LogP contribution < -0.4 is 9.62 Å². The summed E-state index contributed by atoms with van der Waals surface area (Å²) in [5.74, 6) is -1.65. The quantitative estimate of drug-likeness (QED) is 0.170. The van der Waals surface area contributed by atoms with E-state index in [2.05, 4.69) is 5.32 Å². The van der Waals surface area contributed by atoms with Crippen molar-refractivity contribution in [2.24, 2.45) is 0 Å². The number of aryl methyl sites for hydroxylation is 2. The van der Waals surface area contributed by atoms with E-state index < -0.39 is 40.2 Å². The zero-order chi connectivity index (χ0) is 33.4. The highest BCUT2D eigenvalue weighted by Gasteiger charge is 2.35. The van der Waals surface area contributed by atoms with Crippen LogP contribution in [-0.4, -0.2) is 43.8 Å². The van der Waals surface area contributed by atoms with Gasteiger partial charge in [0.1, 0.15) is 18.4 Å². The van der Waals surface area contributed by atoms with Crippen LogP contribution in [0.15, 0.2) is 102 Å². The van der Waals surface area contributed by atoms with Gasteiger partial charge in [0.25, 0.3) is 10.0 Å². The summed E-state index contributed by atoms with van der Waals surface area (Å²) in [5, 5.41) is 3.26. The third-order valence-electron chi connectivity index (χ3n) is 7.90. The summed E-state index contributed by atoms with van der Waals surface area (Å²) in [7, 11) is -4.29. The number of hydrogen-bond donors (Lipinski definition) is 1. The Labute approximate surface area is 276 Å². The normalized spacial score (nSPS) is 12.7. The molecular weight excluding hydrogens is 625 g/mol. The van der Waals surface area contributed by atoms with Gasteiger partial charge in [-0.2, -0.15) is 0 Å². The van der Waals surface area contributed by atoms with Gasteiger partial charge in [-0.15, -0.1) is 0 Å². The fourth-order valence-electron chi connectivity index (χ4n) is 5.01. The minimum Gasteiger partial charge on any atom is -0.352 e. The van der Waals surface area contributed by atoms with Gasteiger partial charge in [0.05, 0.1) is 10.6 Å². The summed E-state index contributed by atoms with van der Waals surface area (Å²) in [6, 6.07) is 25.1. The topological polar surface area (TPSA) is 86.8 Å². The number of sulfonamides is 1. The molecule has 0 saturated heterocycles. The van der Waals surface area contributed by atoms with Crippen LogP contribution in [0.5, 0.6) is 0 Å². The van der Waals surface area contributed by atoms with Crippen molar-refractivity contribution in [1.82, 2.24) is 10.2 Å². The smallest absolute Gasteiger partial charge is 0.264 e. The Kier molecular flexibility index (Phi) is 11.6. The molecule has 4 rings (SSSR count). The molecule has 0 fully saturated rings. The summed E-state index contributed by atoms with van der Waals surface area (Å²) in [4.78, 5) is 29.7. The summed E-state index contributed by atoms with van der Waals surface area (Å²) < 4.78 is 44.6. The fourth-order valence-corrected chi connectivity index (χ4v) is 6.64. The van der Waals surface area contributed by atoms with E-state index in [0.29, 0.717) is 12.0 Å². The number of halogens is 2. The zero-order valence-electron chi connectivity index (χ0n) is 26.4. The van der Waals surface area contributed by atoms with Crippen molar-refractivity contribution in [2.75, 3.05) is 10.8 Å². The van der Waals surface area contributed by atoms with Gasteiger partial charge in [-0.25, -0.2) is 12.8 Å². The molecule has 0 aliphatic rings. The zero-order valence-corrected chi connectivity index (χ0v) is 28.0. The second-order valence-corrected chi connectivity index (χ2v) is 13.7. The summed E-state index contributed by atoms with van der Waals surface area (Å²) >= 11 is 6.33. The molecule has 10 heteroatoms. The molecule has 4 aromatic rings. The minimum atomic E-state index is -4.29. The molecular formula is C36H39ClFN3O4S. The number of nitrogens with one attached hydrogen (secondary N) is 1. The van der Waals surface area contributed by atoms with E-state index in [1.54, 1.807) is 49.4 Å². The van der Waals surface area contributed by atoms with Gasteiger partial charge >= 0.3 is 0 Å². The van der Waals surface area contributed by atoms with Crippen molar-refractivity contribution in [3.05, 3.63) is 130 Å². The van der Waals surface area contributed by atoms with Crippen molar-refractivity contribution in [2.45, 2.75) is 64.1 Å². The molecule has 4 aromatic carbocycles. The van der Waals surface area contributed by atoms with E-state index in [1.807, 2.05) is 51.1 Å². The molecule has 2 amide bonds. The summed E-state index contributed by atoms with van der Waals surface area (Å²) in [6.45, 7) is 6.44. The molecule has 0 aromatic heterocycles. The second-order valence-electron chi connectivity index (χ2n) is 11.4. The molecule has 46 heavy (non-hydrogen) atoms. The van der Waals surface area contributed by atoms with E-state index in [-0.39, 0.29) is 40.2 Å². The fraction of sp³-hybridized carbons (Fsp3) is 0.278. The SMILES string of the molecule is CC[C@@H](C)NC(=O)[C@@H](Cc1ccccc1)N(Cc1ccccc1F)C(=O)CN(c1cc(Cl)ccc1C)S(=O)(=O)c1ccc(C)cc1. The van der Waals surface area contributed by atoms with Crippen LogP contribution in [0.1, 0.15) is 42.5 Å². The highest BCUT2D eigenvalue weighted by molar-refractivity contribution is 7.92. The number of carbonyl (C=O) groups excluding carboxylic acids is 2. The molecule has 1 N–H and O–H groups in total. The highest BCUT2D eigenvalue weighted by atomic mass is 35.5. The Bertz CT molecular complexity index is 1770. The van der Waals surface area contributed by atoms with Crippen LogP contribution in [0.25, 0.3) is 0 Å². The van der Waals surface area contributed by atoms with Gasteiger partial charge in [-0.3, -0.25) is 13.9 Å². The number of benzene rings is 4. The number of anilines is 1. The predicted octanol–water partition coefficient (Wildman–Crippen LogP) is 6.85. The molecule has 0 radical (unpaired) electrons. The summed E-state index contributed by atoms with van der Waals surface area (Å²) in [5.41, 5.74) is 2.64. The van der Waals surface area contributed by atoms with Gasteiger partial charge < -0.3 is 10.2 Å². The third-order valence-corrected chi connectivity index (χ3v) is 9.91. The number of carbonyl (C=O) groups is 2. The van der Waals surface area contributed by atoms with E-state index in [4.69, 9.17) is 11.6 Å². The monoisotopic (exact) mass is 663 g/mol. The minimum absolute atomic E-state index is 0.0127. The average molecular weight is 664 g/mol. The van der Waals surface area contributed by atoms with E-state index in [0.717, 1.165) is 15.4 Å². The van der Waals surface area contributed by atoms with Crippen molar-refractivity contribution in [1.29, 1.82) is 0 Å². The Balaban J connectivity index is 1.85. The average Bonchev–Trinajstić information content (AvgIpc) is 3.04. The number of rotatable bonds is 13. The highest BCUT2D eigenvalue weighted by Crippen LogP contribution is 2.30. The number of nitrogens with zero attached hydrogens (tertiary/aromatic N) is 2. The van der Waals surface area contributed by atoms with Gasteiger partial charge in [0, 0.05) is 29.6 Å². The summed E-state index contributed by atoms with van der Waals surface area (Å²) in [6.07, 6.45) is 0.784. The molecule has 0 aliphatic heterocycles. The first-order valence-electron chi connectivity index (χ1n) is 15.1. The number of hydrogen-bond acceptors (Lipinski definition) is 4. The van der Waals surface area contributed by atoms with Gasteiger partial charge in [0.2, 0.25) is 11.8 Å². The second kappa shape index (κ2) is 15.4. The van der Waals surface area contributed by atoms with Gasteiger partial charge in [-0.05, 0) is 68.7 Å². The third kappa shape index (κ3) is 8.53. The van der Waals surface area contributed by atoms with Crippen LogP contribution >= 0.6 is 11.6 Å². The first kappa shape index (κ1) is 34.7. The van der Waals surface area contributed by atoms with Gasteiger partial charge in [-0.1, -0.05) is 90.8 Å². The lowest BCUT2D eigenvalue weighted by Gasteiger charge is -2.34. The van der Waals surface area contributed by atoms with Crippen LogP contribution in [0.4, 0.5) is 10.1 Å². The van der Waals surface area contributed by atoms with Crippen molar-refractivity contribution in [3.63, 3.8) is 0 Å². The lowest BCUT2D eigenvalue weighted by Crippen LogP contribution is -2.54. The first-order valence-corrected chi connectivity index (χ1v) is 16.9. The van der Waals surface area contributed by atoms with Crippen molar-refractivity contribution >= 4 is 39.1 Å². The maximum atomic E-state index is 15.1. The molecule has 242 valence electrons. The lowest BCUT2D eigenvalue weighted by molar-refractivity contribution is -0.140. The molecule has 0 unspecified atom stereocenters. The molecule has 2 atom stereocenters. The predicted molar refractivity (Wildman–Crippen MR) is 181 cm³/mol. The standard InChI is InChI=1S/C36H39ClFN3O4S/c1-5-27(4)39-36(43)34(21-28-11-7-6-8-12-28)40(23-29-13-9-10-14-32(29)38)35(42)24-41(33-22-30(37)18-17-26(33)3)46(44,45)31-19-15-25(2)16-20-31/h6-20,22,27,34H,5,21,23-24H2,1-4H3,(H,39,43)/t27-,34-/m1/s1. The van der Waals surface area contributed by atoms with Crippen LogP contribution in [-0.2, 0) is 32.6 Å². The van der Waals surface area contributed by atoms with Crippen molar-refractivity contribution < 1.29 is 22.4 Å². The molecule has 7 nitrogen and oxygen atoms in total. The first-order chi connectivity index (χ1) is 21.9. The number of amides is 2. The molecule has 0 spiro atoms. The maximum absolute atomic E-state index is 15.1. The molecule has 0 saturated carbocycles. The van der Waals surface area contributed by atoms with E-state index >= 15 is 4.39 Å². The van der Waals surface area contributed by atoms with Crippen LogP contribution in [0, 0.1) is 19.7 Å². The Morgan fingerprint density at radius 1 is 0.913 bits per heavy atom. The van der Waals surface area contributed by atoms with E-state index in [1.165, 1.54) is 29.2 Å². The molecule has 0 heterocycles. The van der Waals surface area contributed by atoms with E-state index in [9.17, 15) is 18.0 Å². The Morgan fingerprint density at radius 2 is 1.57 bits per heavy atom. The van der Waals surface area contributed by atoms with Crippen molar-refractivity contribution in [3.8, 4) is 0 Å². The van der Waals surface area contributed by atoms with Gasteiger partial charge in [0.15, 0.2) is 0 Å². The molecule has 0 aliphatic carbocycles. The lowest BCUT2D eigenvalue weighted by atomic mass is 10.0. The van der Waals surface area contributed by atoms with Crippen LogP contribution in [0.2, 0.25) is 5.02 Å². The molecule has 0 bridgehead atoms. The Morgan fingerprint density at radius 3 is 2.22 bits per heavy atom. The largest absolute Gasteiger partial charge is 0.352 e.